The summed E-state index contributed by atoms with van der Waals surface area (Å²) < 4.78 is 0. The lowest BCUT2D eigenvalue weighted by Gasteiger charge is -2.17. The summed E-state index contributed by atoms with van der Waals surface area (Å²) in [6.07, 6.45) is 0. The number of hydrogen-bond acceptors (Lipinski definition) is 1. The Morgan fingerprint density at radius 2 is 1.86 bits per heavy atom. The minimum absolute atomic E-state index is 0.321. The van der Waals surface area contributed by atoms with Crippen LogP contribution in [0.2, 0.25) is 19.6 Å². The van der Waals surface area contributed by atoms with Crippen molar-refractivity contribution in [2.24, 2.45) is 5.73 Å². The van der Waals surface area contributed by atoms with Crippen LogP contribution in [0.15, 0.2) is 24.3 Å². The lowest BCUT2D eigenvalue weighted by molar-refractivity contribution is 0.0999. The molecule has 0 aliphatic heterocycles. The normalized spacial score (nSPS) is 11.4. The minimum Gasteiger partial charge on any atom is -0.366 e. The van der Waals surface area contributed by atoms with Crippen molar-refractivity contribution in [1.82, 2.24) is 0 Å². The summed E-state index contributed by atoms with van der Waals surface area (Å²) in [6.45, 7) is 6.85. The van der Waals surface area contributed by atoms with E-state index in [1.165, 1.54) is 0 Å². The van der Waals surface area contributed by atoms with Crippen molar-refractivity contribution in [3.8, 4) is 0 Å². The number of benzene rings is 1. The maximum atomic E-state index is 11.1. The minimum atomic E-state index is -1.18. The van der Waals surface area contributed by atoms with Gasteiger partial charge in [0.25, 0.3) is 0 Å². The molecule has 14 heavy (non-hydrogen) atoms. The third-order valence-electron chi connectivity index (χ3n) is 2.00. The van der Waals surface area contributed by atoms with Crippen molar-refractivity contribution in [3.05, 3.63) is 35.4 Å². The predicted octanol–water partition coefficient (Wildman–Crippen LogP) is 2.21. The van der Waals surface area contributed by atoms with Crippen molar-refractivity contribution in [3.63, 3.8) is 0 Å². The molecule has 1 rings (SSSR count). The topological polar surface area (TPSA) is 43.1 Å². The van der Waals surface area contributed by atoms with E-state index in [1.807, 2.05) is 18.2 Å². The number of rotatable bonds is 3. The van der Waals surface area contributed by atoms with Crippen molar-refractivity contribution in [2.75, 3.05) is 0 Å². The molecule has 1 aromatic carbocycles. The Morgan fingerprint density at radius 1 is 1.29 bits per heavy atom. The number of carbonyl (C=O) groups is 1. The van der Waals surface area contributed by atoms with Crippen LogP contribution in [-0.2, 0) is 6.04 Å². The fourth-order valence-corrected chi connectivity index (χ4v) is 2.94. The quantitative estimate of drug-likeness (QED) is 0.759. The van der Waals surface area contributed by atoms with Crippen LogP contribution in [0.3, 0.4) is 0 Å². The molecule has 0 radical (unpaired) electrons. The molecule has 0 saturated carbocycles. The summed E-state index contributed by atoms with van der Waals surface area (Å²) in [6, 6.07) is 8.62. The van der Waals surface area contributed by atoms with Crippen LogP contribution in [0.1, 0.15) is 15.9 Å². The number of carbonyl (C=O) groups excluding carboxylic acids is 1. The van der Waals surface area contributed by atoms with Crippen molar-refractivity contribution >= 4 is 14.0 Å². The smallest absolute Gasteiger partial charge is 0.248 e. The highest BCUT2D eigenvalue weighted by Crippen LogP contribution is 2.15. The zero-order valence-corrected chi connectivity index (χ0v) is 10.0. The largest absolute Gasteiger partial charge is 0.366 e. The van der Waals surface area contributed by atoms with Gasteiger partial charge in [-0.05, 0) is 17.7 Å². The van der Waals surface area contributed by atoms with Gasteiger partial charge in [-0.15, -0.1) is 0 Å². The lowest BCUT2D eigenvalue weighted by atomic mass is 10.1. The van der Waals surface area contributed by atoms with E-state index >= 15 is 0 Å². The first kappa shape index (κ1) is 11.0. The van der Waals surface area contributed by atoms with Crippen LogP contribution < -0.4 is 5.73 Å². The molecule has 0 aliphatic carbocycles. The standard InChI is InChI=1S/C11H17NOSi/c1-14(2,3)8-9-6-4-5-7-10(9)11(12)13/h4-7H,8H2,1-3H3,(H2,12,13). The van der Waals surface area contributed by atoms with Gasteiger partial charge < -0.3 is 5.73 Å². The molecule has 0 aliphatic rings. The van der Waals surface area contributed by atoms with Gasteiger partial charge >= 0.3 is 0 Å². The van der Waals surface area contributed by atoms with Gasteiger partial charge in [-0.2, -0.15) is 0 Å². The van der Waals surface area contributed by atoms with E-state index in [9.17, 15) is 4.79 Å². The van der Waals surface area contributed by atoms with Crippen LogP contribution in [-0.4, -0.2) is 14.0 Å². The molecule has 0 saturated heterocycles. The zero-order valence-electron chi connectivity index (χ0n) is 9.00. The van der Waals surface area contributed by atoms with Crippen LogP contribution >= 0.6 is 0 Å². The average Bonchev–Trinajstić information content (AvgIpc) is 2.01. The summed E-state index contributed by atoms with van der Waals surface area (Å²) in [5.41, 5.74) is 7.08. The van der Waals surface area contributed by atoms with Gasteiger partial charge in [-0.25, -0.2) is 0 Å². The van der Waals surface area contributed by atoms with Gasteiger partial charge in [0.15, 0.2) is 0 Å². The monoisotopic (exact) mass is 207 g/mol. The Balaban J connectivity index is 3.02. The summed E-state index contributed by atoms with van der Waals surface area (Å²) >= 11 is 0. The van der Waals surface area contributed by atoms with Crippen molar-refractivity contribution in [1.29, 1.82) is 0 Å². The van der Waals surface area contributed by atoms with E-state index in [0.29, 0.717) is 5.56 Å². The molecule has 1 aromatic rings. The molecule has 0 bridgehead atoms. The van der Waals surface area contributed by atoms with Gasteiger partial charge in [0.2, 0.25) is 5.91 Å². The molecule has 0 heterocycles. The van der Waals surface area contributed by atoms with E-state index in [1.54, 1.807) is 6.07 Å². The molecule has 76 valence electrons. The Hall–Kier alpha value is -1.09. The van der Waals surface area contributed by atoms with Crippen LogP contribution in [0.25, 0.3) is 0 Å². The fraction of sp³-hybridized carbons (Fsp3) is 0.364. The van der Waals surface area contributed by atoms with Gasteiger partial charge in [0.1, 0.15) is 0 Å². The molecule has 0 fully saturated rings. The maximum absolute atomic E-state index is 11.1. The SMILES string of the molecule is C[Si](C)(C)Cc1ccccc1C(N)=O. The molecule has 3 heteroatoms. The first-order chi connectivity index (χ1) is 6.40. The Bertz CT molecular complexity index is 341. The van der Waals surface area contributed by atoms with Crippen LogP contribution in [0.5, 0.6) is 0 Å². The molecule has 0 aromatic heterocycles. The molecule has 0 atom stereocenters. The predicted molar refractivity (Wildman–Crippen MR) is 62.0 cm³/mol. The Morgan fingerprint density at radius 3 is 2.36 bits per heavy atom. The van der Waals surface area contributed by atoms with Gasteiger partial charge in [0.05, 0.1) is 0 Å². The Labute approximate surface area is 86.1 Å². The molecular formula is C11H17NOSi. The summed E-state index contributed by atoms with van der Waals surface area (Å²) in [4.78, 5) is 11.1. The number of primary amides is 1. The summed E-state index contributed by atoms with van der Waals surface area (Å²) in [5.74, 6) is -0.321. The zero-order chi connectivity index (χ0) is 10.8. The third kappa shape index (κ3) is 2.99. The fourth-order valence-electron chi connectivity index (χ4n) is 1.49. The van der Waals surface area contributed by atoms with E-state index in [0.717, 1.165) is 11.6 Å². The molecule has 0 unspecified atom stereocenters. The highest BCUT2D eigenvalue weighted by Gasteiger charge is 2.17. The number of hydrogen-bond donors (Lipinski definition) is 1. The van der Waals surface area contributed by atoms with Crippen molar-refractivity contribution in [2.45, 2.75) is 25.7 Å². The lowest BCUT2D eigenvalue weighted by Crippen LogP contribution is -2.26. The summed E-state index contributed by atoms with van der Waals surface area (Å²) in [7, 11) is -1.18. The summed E-state index contributed by atoms with van der Waals surface area (Å²) in [5, 5.41) is 0. The van der Waals surface area contributed by atoms with Crippen LogP contribution in [0, 0.1) is 0 Å². The molecule has 2 nitrogen and oxygen atoms in total. The number of nitrogens with two attached hydrogens (primary N) is 1. The van der Waals surface area contributed by atoms with Gasteiger partial charge in [-0.3, -0.25) is 4.79 Å². The van der Waals surface area contributed by atoms with E-state index in [-0.39, 0.29) is 5.91 Å². The number of amides is 1. The second-order valence-electron chi connectivity index (χ2n) is 4.76. The van der Waals surface area contributed by atoms with E-state index in [2.05, 4.69) is 19.6 Å². The van der Waals surface area contributed by atoms with E-state index in [4.69, 9.17) is 5.73 Å². The second kappa shape index (κ2) is 3.96. The maximum Gasteiger partial charge on any atom is 0.248 e. The highest BCUT2D eigenvalue weighted by molar-refractivity contribution is 6.75. The molecule has 0 spiro atoms. The Kier molecular flexibility index (Phi) is 3.11. The first-order valence-electron chi connectivity index (χ1n) is 4.78. The molecule has 1 amide bonds. The first-order valence-corrected chi connectivity index (χ1v) is 8.48. The van der Waals surface area contributed by atoms with Gasteiger partial charge in [0, 0.05) is 13.6 Å². The van der Waals surface area contributed by atoms with E-state index < -0.39 is 8.07 Å². The second-order valence-corrected chi connectivity index (χ2v) is 10.2. The average molecular weight is 207 g/mol. The third-order valence-corrected chi connectivity index (χ3v) is 3.45. The van der Waals surface area contributed by atoms with Crippen LogP contribution in [0.4, 0.5) is 0 Å². The highest BCUT2D eigenvalue weighted by atomic mass is 28.3. The molecular weight excluding hydrogens is 190 g/mol. The molecule has 2 N–H and O–H groups in total. The van der Waals surface area contributed by atoms with Crippen molar-refractivity contribution < 1.29 is 4.79 Å². The van der Waals surface area contributed by atoms with Gasteiger partial charge in [-0.1, -0.05) is 37.8 Å².